The summed E-state index contributed by atoms with van der Waals surface area (Å²) in [5.74, 6) is 4.90. The molecule has 0 aliphatic heterocycles. The summed E-state index contributed by atoms with van der Waals surface area (Å²) in [4.78, 5) is 0. The summed E-state index contributed by atoms with van der Waals surface area (Å²) < 4.78 is 39.4. The first kappa shape index (κ1) is 29.9. The molecule has 4 aliphatic rings. The van der Waals surface area contributed by atoms with Gasteiger partial charge in [-0.25, -0.2) is 0 Å². The Kier molecular flexibility index (Phi) is 10.9. The minimum absolute atomic E-state index is 0.00171. The highest BCUT2D eigenvalue weighted by molar-refractivity contribution is 5.35. The molecule has 224 valence electrons. The molecule has 4 saturated carbocycles. The van der Waals surface area contributed by atoms with Gasteiger partial charge in [0.25, 0.3) is 0 Å². The zero-order chi connectivity index (χ0) is 27.9. The second-order valence-electron chi connectivity index (χ2n) is 13.8. The van der Waals surface area contributed by atoms with Crippen molar-refractivity contribution >= 4 is 0 Å². The van der Waals surface area contributed by atoms with Crippen LogP contribution in [0.25, 0.3) is 0 Å². The molecular formula is C36H54F2O2. The molecule has 0 heterocycles. The second kappa shape index (κ2) is 14.5. The van der Waals surface area contributed by atoms with Crippen LogP contribution in [0.15, 0.2) is 24.3 Å². The van der Waals surface area contributed by atoms with E-state index in [9.17, 15) is 8.78 Å². The maximum atomic E-state index is 14.4. The van der Waals surface area contributed by atoms with E-state index in [0.29, 0.717) is 19.1 Å². The van der Waals surface area contributed by atoms with Crippen LogP contribution < -0.4 is 9.47 Å². The van der Waals surface area contributed by atoms with Crippen LogP contribution in [0.1, 0.15) is 117 Å². The molecule has 0 saturated heterocycles. The molecule has 4 atom stereocenters. The maximum Gasteiger partial charge on any atom is 0.204 e. The van der Waals surface area contributed by atoms with Crippen LogP contribution in [0.5, 0.6) is 11.5 Å². The van der Waals surface area contributed by atoms with E-state index >= 15 is 0 Å². The van der Waals surface area contributed by atoms with E-state index in [-0.39, 0.29) is 11.5 Å². The predicted molar refractivity (Wildman–Crippen MR) is 160 cm³/mol. The zero-order valence-electron chi connectivity index (χ0n) is 25.2. The van der Waals surface area contributed by atoms with Crippen LogP contribution in [0.2, 0.25) is 0 Å². The highest BCUT2D eigenvalue weighted by Gasteiger charge is 2.35. The van der Waals surface area contributed by atoms with Crippen LogP contribution in [-0.2, 0) is 0 Å². The molecule has 0 N–H and O–H groups in total. The molecule has 1 aromatic rings. The lowest BCUT2D eigenvalue weighted by atomic mass is 9.64. The molecule has 0 amide bonds. The van der Waals surface area contributed by atoms with Crippen molar-refractivity contribution in [2.45, 2.75) is 117 Å². The third-order valence-corrected chi connectivity index (χ3v) is 11.3. The maximum absolute atomic E-state index is 14.4. The number of rotatable bonds is 10. The summed E-state index contributed by atoms with van der Waals surface area (Å²) in [5.41, 5.74) is 0. The number of hydrogen-bond acceptors (Lipinski definition) is 2. The number of benzene rings is 1. The quantitative estimate of drug-likeness (QED) is 0.267. The summed E-state index contributed by atoms with van der Waals surface area (Å²) >= 11 is 0. The molecule has 4 aliphatic carbocycles. The Balaban J connectivity index is 0.988. The minimum Gasteiger partial charge on any atom is -0.491 e. The SMILES string of the molecule is CCCC1CCC2CC(/C=C/C3CCC(C4CCC(COc5ccc(OCC)c(F)c5F)CC4)CC3)CCC2C1. The monoisotopic (exact) mass is 556 g/mol. The lowest BCUT2D eigenvalue weighted by Crippen LogP contribution is -2.30. The largest absolute Gasteiger partial charge is 0.491 e. The smallest absolute Gasteiger partial charge is 0.204 e. The van der Waals surface area contributed by atoms with E-state index in [4.69, 9.17) is 9.47 Å². The van der Waals surface area contributed by atoms with Gasteiger partial charge < -0.3 is 9.47 Å². The van der Waals surface area contributed by atoms with Gasteiger partial charge in [-0.05, 0) is 150 Å². The van der Waals surface area contributed by atoms with Crippen LogP contribution in [0.3, 0.4) is 0 Å². The highest BCUT2D eigenvalue weighted by atomic mass is 19.2. The molecule has 1 aromatic carbocycles. The topological polar surface area (TPSA) is 18.5 Å². The average molecular weight is 557 g/mol. The van der Waals surface area contributed by atoms with Gasteiger partial charge in [0.1, 0.15) is 0 Å². The normalized spacial score (nSPS) is 34.9. The van der Waals surface area contributed by atoms with Crippen molar-refractivity contribution < 1.29 is 18.3 Å². The van der Waals surface area contributed by atoms with Crippen molar-refractivity contribution in [3.05, 3.63) is 35.9 Å². The summed E-state index contributed by atoms with van der Waals surface area (Å²) in [6, 6.07) is 2.95. The lowest BCUT2D eigenvalue weighted by molar-refractivity contribution is 0.107. The third-order valence-electron chi connectivity index (χ3n) is 11.3. The van der Waals surface area contributed by atoms with E-state index in [1.807, 2.05) is 0 Å². The van der Waals surface area contributed by atoms with Gasteiger partial charge in [-0.1, -0.05) is 38.3 Å². The van der Waals surface area contributed by atoms with Gasteiger partial charge in [-0.15, -0.1) is 0 Å². The Labute approximate surface area is 242 Å². The van der Waals surface area contributed by atoms with E-state index in [1.54, 1.807) is 6.92 Å². The van der Waals surface area contributed by atoms with Crippen LogP contribution >= 0.6 is 0 Å². The fourth-order valence-corrected chi connectivity index (χ4v) is 8.92. The molecular weight excluding hydrogens is 502 g/mol. The predicted octanol–water partition coefficient (Wildman–Crippen LogP) is 10.5. The summed E-state index contributed by atoms with van der Waals surface area (Å²) in [6.07, 6.45) is 27.2. The van der Waals surface area contributed by atoms with Gasteiger partial charge in [0.05, 0.1) is 13.2 Å². The number of allylic oxidation sites excluding steroid dienone is 2. The third kappa shape index (κ3) is 7.62. The second-order valence-corrected chi connectivity index (χ2v) is 13.8. The zero-order valence-corrected chi connectivity index (χ0v) is 25.2. The lowest BCUT2D eigenvalue weighted by Gasteiger charge is -2.42. The van der Waals surface area contributed by atoms with Gasteiger partial charge in [-0.2, -0.15) is 8.78 Å². The number of halogens is 2. The van der Waals surface area contributed by atoms with Crippen LogP contribution in [0, 0.1) is 59.0 Å². The van der Waals surface area contributed by atoms with Crippen LogP contribution in [0.4, 0.5) is 8.78 Å². The Morgan fingerprint density at radius 1 is 0.625 bits per heavy atom. The molecule has 4 heteroatoms. The van der Waals surface area contributed by atoms with E-state index in [0.717, 1.165) is 54.3 Å². The van der Waals surface area contributed by atoms with Gasteiger partial charge in [0.2, 0.25) is 11.6 Å². The molecule has 0 aromatic heterocycles. The fraction of sp³-hybridized carbons (Fsp3) is 0.778. The first-order valence-electron chi connectivity index (χ1n) is 17.0. The number of fused-ring (bicyclic) bond motifs is 1. The molecule has 0 spiro atoms. The standard InChI is InChI=1S/C36H54F2O2/c1-3-5-26-10-18-32-23-27(11-19-31(32)22-26)7-6-25-8-14-29(15-9-25)30-16-12-28(13-17-30)24-40-34-21-20-33(39-4-2)35(37)36(34)38/h6-7,20-21,25-32H,3-5,8-19,22-24H2,1-2H3/b7-6+. The summed E-state index contributed by atoms with van der Waals surface area (Å²) in [6.45, 7) is 4.88. The Bertz CT molecular complexity index is 944. The molecule has 5 rings (SSSR count). The van der Waals surface area contributed by atoms with Crippen molar-refractivity contribution in [3.8, 4) is 11.5 Å². The molecule has 4 unspecified atom stereocenters. The van der Waals surface area contributed by atoms with Gasteiger partial charge in [-0.3, -0.25) is 0 Å². The molecule has 40 heavy (non-hydrogen) atoms. The van der Waals surface area contributed by atoms with E-state index in [1.165, 1.54) is 102 Å². The van der Waals surface area contributed by atoms with Gasteiger partial charge in [0, 0.05) is 0 Å². The van der Waals surface area contributed by atoms with Crippen molar-refractivity contribution in [3.63, 3.8) is 0 Å². The fourth-order valence-electron chi connectivity index (χ4n) is 8.92. The first-order valence-corrected chi connectivity index (χ1v) is 17.0. The number of hydrogen-bond donors (Lipinski definition) is 0. The van der Waals surface area contributed by atoms with Gasteiger partial charge in [0.15, 0.2) is 11.5 Å². The molecule has 2 nitrogen and oxygen atoms in total. The highest BCUT2D eigenvalue weighted by Crippen LogP contribution is 2.47. The molecule has 4 fully saturated rings. The Morgan fingerprint density at radius 3 is 1.82 bits per heavy atom. The molecule has 0 radical (unpaired) electrons. The number of ether oxygens (including phenoxy) is 2. The Hall–Kier alpha value is -1.58. The van der Waals surface area contributed by atoms with Crippen molar-refractivity contribution in [2.75, 3.05) is 13.2 Å². The first-order chi connectivity index (χ1) is 19.5. The molecule has 0 bridgehead atoms. The van der Waals surface area contributed by atoms with Crippen molar-refractivity contribution in [2.24, 2.45) is 47.3 Å². The van der Waals surface area contributed by atoms with Crippen LogP contribution in [-0.4, -0.2) is 13.2 Å². The van der Waals surface area contributed by atoms with Crippen molar-refractivity contribution in [1.82, 2.24) is 0 Å². The minimum atomic E-state index is -0.953. The van der Waals surface area contributed by atoms with E-state index < -0.39 is 11.6 Å². The van der Waals surface area contributed by atoms with E-state index in [2.05, 4.69) is 19.1 Å². The van der Waals surface area contributed by atoms with Crippen molar-refractivity contribution in [1.29, 1.82) is 0 Å². The van der Waals surface area contributed by atoms with Gasteiger partial charge >= 0.3 is 0 Å². The Morgan fingerprint density at radius 2 is 1.15 bits per heavy atom. The summed E-state index contributed by atoms with van der Waals surface area (Å²) in [7, 11) is 0. The average Bonchev–Trinajstić information content (AvgIpc) is 2.99. The summed E-state index contributed by atoms with van der Waals surface area (Å²) in [5, 5.41) is 0.